The zero-order chi connectivity index (χ0) is 12.1. The molecule has 0 aromatic carbocycles. The monoisotopic (exact) mass is 229 g/mol. The van der Waals surface area contributed by atoms with E-state index >= 15 is 0 Å². The predicted octanol–water partition coefficient (Wildman–Crippen LogP) is 1.42. The Balaban J connectivity index is 4.25. The highest BCUT2D eigenvalue weighted by Gasteiger charge is 2.27. The van der Waals surface area contributed by atoms with E-state index in [9.17, 15) is 14.9 Å². The van der Waals surface area contributed by atoms with Crippen molar-refractivity contribution in [2.75, 3.05) is 0 Å². The van der Waals surface area contributed by atoms with Crippen molar-refractivity contribution in [3.05, 3.63) is 10.1 Å². The van der Waals surface area contributed by atoms with Crippen LogP contribution >= 0.6 is 0 Å². The molecule has 0 rings (SSSR count). The van der Waals surface area contributed by atoms with Gasteiger partial charge in [0.1, 0.15) is 6.42 Å². The van der Waals surface area contributed by atoms with Crippen LogP contribution in [0.4, 0.5) is 0 Å². The lowest BCUT2D eigenvalue weighted by molar-refractivity contribution is -0.520. The number of nitro groups is 1. The van der Waals surface area contributed by atoms with Crippen LogP contribution in [0.5, 0.6) is 0 Å². The molecule has 5 nitrogen and oxygen atoms in total. The van der Waals surface area contributed by atoms with Crippen LogP contribution in [-0.2, 0) is 9.22 Å². The van der Waals surface area contributed by atoms with Crippen molar-refractivity contribution >= 4 is 14.3 Å². The van der Waals surface area contributed by atoms with Gasteiger partial charge in [-0.05, 0) is 19.6 Å². The number of carbonyl (C=O) groups excluding carboxylic acids is 1. The van der Waals surface area contributed by atoms with Gasteiger partial charge in [0.05, 0.1) is 6.42 Å². The summed E-state index contributed by atoms with van der Waals surface area (Å²) in [6.07, 6.45) is 4.68. The topological polar surface area (TPSA) is 69.4 Å². The minimum absolute atomic E-state index is 0.0478. The number of nitrogens with zero attached hydrogens (tertiary/aromatic N) is 1. The second-order valence-electron chi connectivity index (χ2n) is 4.14. The molecule has 1 atom stereocenters. The summed E-state index contributed by atoms with van der Waals surface area (Å²) < 4.78 is 5.09. The van der Waals surface area contributed by atoms with Gasteiger partial charge in [0.15, 0.2) is 0 Å². The Morgan fingerprint density at radius 3 is 2.47 bits per heavy atom. The lowest BCUT2D eigenvalue weighted by Crippen LogP contribution is -2.32. The second kappa shape index (κ2) is 5.51. The van der Waals surface area contributed by atoms with Crippen molar-refractivity contribution in [2.45, 2.75) is 38.5 Å². The maximum absolute atomic E-state index is 11.3. The fourth-order valence-corrected chi connectivity index (χ4v) is 1.70. The summed E-state index contributed by atoms with van der Waals surface area (Å²) in [5, 5.41) is 10.5. The molecule has 84 valence electrons. The third kappa shape index (κ3) is 6.68. The van der Waals surface area contributed by atoms with Crippen LogP contribution in [0.3, 0.4) is 0 Å². The average molecular weight is 229 g/mol. The lowest BCUT2D eigenvalue weighted by Gasteiger charge is -2.17. The third-order valence-electron chi connectivity index (χ3n) is 1.47. The lowest BCUT2D eigenvalue weighted by atomic mass is 10.1. The third-order valence-corrected chi connectivity index (χ3v) is 2.31. The fraction of sp³-hybridized carbons (Fsp3) is 0.667. The number of carbonyl (C=O) groups is 1. The molecule has 1 unspecified atom stereocenters. The summed E-state index contributed by atoms with van der Waals surface area (Å²) in [7, 11) is -1.97. The smallest absolute Gasteiger partial charge is 0.299 e. The van der Waals surface area contributed by atoms with Crippen molar-refractivity contribution in [3.63, 3.8) is 0 Å². The van der Waals surface area contributed by atoms with Crippen molar-refractivity contribution in [1.82, 2.24) is 0 Å². The van der Waals surface area contributed by atoms with Gasteiger partial charge in [-0.3, -0.25) is 14.9 Å². The van der Waals surface area contributed by atoms with Crippen LogP contribution in [0.1, 0.15) is 12.8 Å². The van der Waals surface area contributed by atoms with E-state index in [1.165, 1.54) is 0 Å². The molecule has 0 spiro atoms. The van der Waals surface area contributed by atoms with Crippen molar-refractivity contribution in [3.8, 4) is 12.3 Å². The molecule has 0 saturated carbocycles. The van der Waals surface area contributed by atoms with E-state index in [0.717, 1.165) is 0 Å². The Bertz CT molecular complexity index is 289. The molecule has 0 bridgehead atoms. The Kier molecular flexibility index (Phi) is 5.01. The normalized spacial score (nSPS) is 12.7. The SMILES string of the molecule is C#CCC(CC(=O)O[Si](C)(C)C)[N+](=O)[O-]. The second-order valence-corrected chi connectivity index (χ2v) is 8.57. The van der Waals surface area contributed by atoms with Crippen LogP contribution in [0.25, 0.3) is 0 Å². The molecule has 0 saturated heterocycles. The molecule has 0 radical (unpaired) electrons. The first kappa shape index (κ1) is 13.6. The standard InChI is InChI=1S/C9H15NO4Si/c1-5-6-8(10(12)13)7-9(11)14-15(2,3)4/h1,8H,6-7H2,2-4H3. The van der Waals surface area contributed by atoms with Gasteiger partial charge in [-0.1, -0.05) is 5.92 Å². The number of hydrogen-bond acceptors (Lipinski definition) is 4. The van der Waals surface area contributed by atoms with E-state index in [1.807, 2.05) is 19.6 Å². The van der Waals surface area contributed by atoms with Crippen LogP contribution in [0.2, 0.25) is 19.6 Å². The van der Waals surface area contributed by atoms with Crippen molar-refractivity contribution in [2.24, 2.45) is 0 Å². The molecule has 0 heterocycles. The van der Waals surface area contributed by atoms with E-state index in [4.69, 9.17) is 10.8 Å². The van der Waals surface area contributed by atoms with E-state index < -0.39 is 25.3 Å². The molecular weight excluding hydrogens is 214 g/mol. The molecule has 6 heteroatoms. The quantitative estimate of drug-likeness (QED) is 0.309. The summed E-state index contributed by atoms with van der Waals surface area (Å²) in [6.45, 7) is 5.52. The molecular formula is C9H15NO4Si. The highest BCUT2D eigenvalue weighted by Crippen LogP contribution is 2.09. The molecule has 0 aromatic rings. The first-order valence-electron chi connectivity index (χ1n) is 4.55. The average Bonchev–Trinajstić information content (AvgIpc) is 1.99. The van der Waals surface area contributed by atoms with E-state index in [0.29, 0.717) is 0 Å². The Hall–Kier alpha value is -1.35. The summed E-state index contributed by atoms with van der Waals surface area (Å²) in [6, 6.07) is -1.03. The predicted molar refractivity (Wildman–Crippen MR) is 58.3 cm³/mol. The van der Waals surface area contributed by atoms with E-state index in [-0.39, 0.29) is 12.8 Å². The van der Waals surface area contributed by atoms with Crippen molar-refractivity contribution in [1.29, 1.82) is 0 Å². The summed E-state index contributed by atoms with van der Waals surface area (Å²) in [5.74, 6) is 1.64. The molecule has 0 aliphatic heterocycles. The first-order valence-corrected chi connectivity index (χ1v) is 7.96. The maximum Gasteiger partial charge on any atom is 0.299 e. The molecule has 0 fully saturated rings. The zero-order valence-electron chi connectivity index (χ0n) is 9.15. The number of rotatable bonds is 5. The highest BCUT2D eigenvalue weighted by atomic mass is 28.4. The molecule has 0 N–H and O–H groups in total. The molecule has 0 aliphatic rings. The van der Waals surface area contributed by atoms with Gasteiger partial charge in [0, 0.05) is 4.92 Å². The number of terminal acetylenes is 1. The Morgan fingerprint density at radius 2 is 2.13 bits per heavy atom. The van der Waals surface area contributed by atoms with Gasteiger partial charge in [-0.25, -0.2) is 0 Å². The van der Waals surface area contributed by atoms with Gasteiger partial charge in [-0.2, -0.15) is 0 Å². The first-order chi connectivity index (χ1) is 6.76. The van der Waals surface area contributed by atoms with Crippen LogP contribution in [0.15, 0.2) is 0 Å². The summed E-state index contributed by atoms with van der Waals surface area (Å²) >= 11 is 0. The Morgan fingerprint density at radius 1 is 1.60 bits per heavy atom. The largest absolute Gasteiger partial charge is 0.520 e. The van der Waals surface area contributed by atoms with Crippen LogP contribution in [-0.4, -0.2) is 25.3 Å². The molecule has 0 amide bonds. The minimum atomic E-state index is -1.97. The Labute approximate surface area is 90.1 Å². The maximum atomic E-state index is 11.3. The number of hydrogen-bond donors (Lipinski definition) is 0. The van der Waals surface area contributed by atoms with Gasteiger partial charge in [0.2, 0.25) is 14.4 Å². The highest BCUT2D eigenvalue weighted by molar-refractivity contribution is 6.71. The summed E-state index contributed by atoms with van der Waals surface area (Å²) in [4.78, 5) is 21.3. The fourth-order valence-electron chi connectivity index (χ4n) is 0.933. The zero-order valence-corrected chi connectivity index (χ0v) is 10.1. The van der Waals surface area contributed by atoms with Gasteiger partial charge < -0.3 is 4.43 Å². The van der Waals surface area contributed by atoms with Crippen molar-refractivity contribution < 1.29 is 14.1 Å². The van der Waals surface area contributed by atoms with Gasteiger partial charge in [-0.15, -0.1) is 6.42 Å². The van der Waals surface area contributed by atoms with E-state index in [2.05, 4.69) is 5.92 Å². The summed E-state index contributed by atoms with van der Waals surface area (Å²) in [5.41, 5.74) is 0. The molecule has 0 aromatic heterocycles. The van der Waals surface area contributed by atoms with E-state index in [1.54, 1.807) is 0 Å². The van der Waals surface area contributed by atoms with Gasteiger partial charge in [0.25, 0.3) is 5.97 Å². The minimum Gasteiger partial charge on any atom is -0.520 e. The molecule has 15 heavy (non-hydrogen) atoms. The molecule has 0 aliphatic carbocycles. The van der Waals surface area contributed by atoms with Crippen LogP contribution < -0.4 is 0 Å². The van der Waals surface area contributed by atoms with Crippen LogP contribution in [0, 0.1) is 22.5 Å². The van der Waals surface area contributed by atoms with Gasteiger partial charge >= 0.3 is 0 Å².